The number of rotatable bonds is 5. The minimum absolute atomic E-state index is 0.0342. The van der Waals surface area contributed by atoms with E-state index < -0.39 is 0 Å². The second-order valence-electron chi connectivity index (χ2n) is 11.4. The van der Waals surface area contributed by atoms with Crippen LogP contribution in [0, 0.1) is 25.7 Å². The summed E-state index contributed by atoms with van der Waals surface area (Å²) in [6.45, 7) is 8.62. The monoisotopic (exact) mass is 518 g/mol. The number of carbonyl (C=O) groups excluding carboxylic acids is 3. The van der Waals surface area contributed by atoms with Crippen molar-refractivity contribution in [2.45, 2.75) is 52.0 Å². The number of aryl methyl sites for hydroxylation is 1. The average Bonchev–Trinajstić information content (AvgIpc) is 3.47. The van der Waals surface area contributed by atoms with Gasteiger partial charge in [0.2, 0.25) is 11.8 Å². The van der Waals surface area contributed by atoms with Crippen LogP contribution in [0.15, 0.2) is 18.2 Å². The van der Waals surface area contributed by atoms with Gasteiger partial charge >= 0.3 is 0 Å². The van der Waals surface area contributed by atoms with E-state index in [1.54, 1.807) is 7.05 Å². The van der Waals surface area contributed by atoms with Gasteiger partial charge in [-0.3, -0.25) is 19.1 Å². The molecule has 2 saturated heterocycles. The predicted octanol–water partition coefficient (Wildman–Crippen LogP) is 2.11. The molecule has 6 rings (SSSR count). The largest absolute Gasteiger partial charge is 0.368 e. The highest BCUT2D eigenvalue weighted by Crippen LogP contribution is 2.57. The van der Waals surface area contributed by atoms with Gasteiger partial charge in [0.25, 0.3) is 5.91 Å². The van der Waals surface area contributed by atoms with Crippen LogP contribution in [0.3, 0.4) is 0 Å². The zero-order valence-electron chi connectivity index (χ0n) is 22.7. The fourth-order valence-corrected chi connectivity index (χ4v) is 6.68. The lowest BCUT2D eigenvalue weighted by Gasteiger charge is -2.37. The lowest BCUT2D eigenvalue weighted by molar-refractivity contribution is -0.132. The molecule has 0 radical (unpaired) electrons. The standard InChI is InChI=1S/C29H38N6O3/c1-18-5-4-6-23(19(18)2)32-11-13-33(14-12-32)25(36)17-35-24-16-21-15-22(21)26(24)27(31-35)29(38)34-9-7-20(8-10-34)28(37)30-3/h4-6,20-22H,7-17H2,1-3H3,(H,30,37)/t21-,22-/m1/s1. The van der Waals surface area contributed by atoms with Crippen molar-refractivity contribution in [3.63, 3.8) is 0 Å². The fraction of sp³-hybridized carbons (Fsp3) is 0.586. The van der Waals surface area contributed by atoms with Crippen LogP contribution in [0.4, 0.5) is 5.69 Å². The fourth-order valence-electron chi connectivity index (χ4n) is 6.68. The molecule has 9 nitrogen and oxygen atoms in total. The van der Waals surface area contributed by atoms with Crippen molar-refractivity contribution in [1.29, 1.82) is 0 Å². The van der Waals surface area contributed by atoms with E-state index in [1.165, 1.54) is 16.8 Å². The molecule has 3 amide bonds. The molecule has 1 saturated carbocycles. The number of hydrogen-bond donors (Lipinski definition) is 1. The summed E-state index contributed by atoms with van der Waals surface area (Å²) in [5.41, 5.74) is 6.54. The number of hydrogen-bond acceptors (Lipinski definition) is 5. The molecule has 1 aromatic carbocycles. The van der Waals surface area contributed by atoms with Gasteiger partial charge in [-0.05, 0) is 68.6 Å². The Morgan fingerprint density at radius 1 is 1.00 bits per heavy atom. The van der Waals surface area contributed by atoms with Crippen LogP contribution in [0.25, 0.3) is 0 Å². The maximum absolute atomic E-state index is 13.5. The summed E-state index contributed by atoms with van der Waals surface area (Å²) in [4.78, 5) is 45.0. The number of amides is 3. The van der Waals surface area contributed by atoms with E-state index in [0.29, 0.717) is 56.6 Å². The van der Waals surface area contributed by atoms with Crippen molar-refractivity contribution in [2.24, 2.45) is 11.8 Å². The van der Waals surface area contributed by atoms with E-state index in [2.05, 4.69) is 42.3 Å². The van der Waals surface area contributed by atoms with Gasteiger partial charge in [-0.15, -0.1) is 0 Å². The Hall–Kier alpha value is -3.36. The van der Waals surface area contributed by atoms with Crippen LogP contribution in [-0.2, 0) is 22.6 Å². The summed E-state index contributed by atoms with van der Waals surface area (Å²) in [5.74, 6) is 1.05. The van der Waals surface area contributed by atoms with Crippen LogP contribution in [-0.4, -0.2) is 83.6 Å². The predicted molar refractivity (Wildman–Crippen MR) is 144 cm³/mol. The highest BCUT2D eigenvalue weighted by Gasteiger charge is 2.50. The smallest absolute Gasteiger partial charge is 0.274 e. The molecule has 0 bridgehead atoms. The molecular formula is C29H38N6O3. The number of likely N-dealkylation sites (tertiary alicyclic amines) is 1. The topological polar surface area (TPSA) is 90.8 Å². The van der Waals surface area contributed by atoms with Crippen LogP contribution >= 0.6 is 0 Å². The number of piperidine rings is 1. The number of nitrogens with zero attached hydrogens (tertiary/aromatic N) is 5. The number of piperazine rings is 1. The average molecular weight is 519 g/mol. The molecule has 202 valence electrons. The van der Waals surface area contributed by atoms with Crippen molar-refractivity contribution >= 4 is 23.4 Å². The molecule has 9 heteroatoms. The van der Waals surface area contributed by atoms with E-state index in [9.17, 15) is 14.4 Å². The molecule has 3 heterocycles. The van der Waals surface area contributed by atoms with Gasteiger partial charge in [-0.1, -0.05) is 12.1 Å². The molecule has 0 spiro atoms. The third kappa shape index (κ3) is 4.35. The lowest BCUT2D eigenvalue weighted by Crippen LogP contribution is -2.50. The summed E-state index contributed by atoms with van der Waals surface area (Å²) >= 11 is 0. The van der Waals surface area contributed by atoms with Crippen LogP contribution < -0.4 is 10.2 Å². The summed E-state index contributed by atoms with van der Waals surface area (Å²) in [7, 11) is 1.66. The normalized spacial score (nSPS) is 22.8. The van der Waals surface area contributed by atoms with Gasteiger partial charge in [-0.25, -0.2) is 0 Å². The van der Waals surface area contributed by atoms with E-state index >= 15 is 0 Å². The van der Waals surface area contributed by atoms with E-state index in [4.69, 9.17) is 5.10 Å². The van der Waals surface area contributed by atoms with Gasteiger partial charge in [-0.2, -0.15) is 5.10 Å². The summed E-state index contributed by atoms with van der Waals surface area (Å²) in [5, 5.41) is 7.48. The van der Waals surface area contributed by atoms with E-state index in [1.807, 2.05) is 14.5 Å². The number of aromatic nitrogens is 2. The summed E-state index contributed by atoms with van der Waals surface area (Å²) in [6.07, 6.45) is 3.37. The van der Waals surface area contributed by atoms with Crippen molar-refractivity contribution in [3.05, 3.63) is 46.3 Å². The molecular weight excluding hydrogens is 480 g/mol. The first kappa shape index (κ1) is 24.9. The van der Waals surface area contributed by atoms with Crippen molar-refractivity contribution in [1.82, 2.24) is 24.9 Å². The quantitative estimate of drug-likeness (QED) is 0.655. The van der Waals surface area contributed by atoms with Crippen molar-refractivity contribution in [2.75, 3.05) is 51.2 Å². The molecule has 2 atom stereocenters. The second-order valence-corrected chi connectivity index (χ2v) is 11.4. The first-order valence-electron chi connectivity index (χ1n) is 14.0. The third-order valence-electron chi connectivity index (χ3n) is 9.28. The number of nitrogens with one attached hydrogen (secondary N) is 1. The molecule has 0 unspecified atom stereocenters. The van der Waals surface area contributed by atoms with Crippen LogP contribution in [0.5, 0.6) is 0 Å². The SMILES string of the molecule is CNC(=O)C1CCN(C(=O)c2nn(CC(=O)N3CCN(c4cccc(C)c4C)CC3)c3c2[C@@H]2C[C@@H]2C3)CC1. The number of fused-ring (bicyclic) bond motifs is 3. The Labute approximate surface area is 224 Å². The van der Waals surface area contributed by atoms with Crippen LogP contribution in [0.2, 0.25) is 0 Å². The first-order chi connectivity index (χ1) is 18.4. The van der Waals surface area contributed by atoms with Gasteiger partial charge in [0.1, 0.15) is 6.54 Å². The zero-order chi connectivity index (χ0) is 26.6. The zero-order valence-corrected chi connectivity index (χ0v) is 22.7. The Bertz CT molecular complexity index is 1270. The highest BCUT2D eigenvalue weighted by molar-refractivity contribution is 5.95. The molecule has 4 aliphatic rings. The Morgan fingerprint density at radius 2 is 1.74 bits per heavy atom. The second kappa shape index (κ2) is 9.75. The number of carbonyl (C=O) groups is 3. The Balaban J connectivity index is 1.12. The molecule has 2 aliphatic heterocycles. The Kier molecular flexibility index (Phi) is 6.40. The van der Waals surface area contributed by atoms with Crippen molar-refractivity contribution < 1.29 is 14.4 Å². The van der Waals surface area contributed by atoms with Gasteiger partial charge in [0.15, 0.2) is 5.69 Å². The van der Waals surface area contributed by atoms with Crippen molar-refractivity contribution in [3.8, 4) is 0 Å². The van der Waals surface area contributed by atoms with Gasteiger partial charge in [0.05, 0.1) is 0 Å². The van der Waals surface area contributed by atoms with Crippen LogP contribution in [0.1, 0.15) is 58.1 Å². The molecule has 1 aromatic heterocycles. The lowest BCUT2D eigenvalue weighted by atomic mass is 9.95. The minimum Gasteiger partial charge on any atom is -0.368 e. The highest BCUT2D eigenvalue weighted by atomic mass is 16.2. The summed E-state index contributed by atoms with van der Waals surface area (Å²) in [6, 6.07) is 6.40. The number of anilines is 1. The summed E-state index contributed by atoms with van der Waals surface area (Å²) < 4.78 is 1.82. The van der Waals surface area contributed by atoms with Gasteiger partial charge < -0.3 is 20.0 Å². The minimum atomic E-state index is -0.0440. The molecule has 3 fully saturated rings. The number of benzene rings is 1. The van der Waals surface area contributed by atoms with E-state index in [0.717, 1.165) is 37.2 Å². The maximum atomic E-state index is 13.5. The molecule has 2 aromatic rings. The van der Waals surface area contributed by atoms with E-state index in [-0.39, 0.29) is 30.2 Å². The third-order valence-corrected chi connectivity index (χ3v) is 9.28. The molecule has 38 heavy (non-hydrogen) atoms. The molecule has 1 N–H and O–H groups in total. The first-order valence-corrected chi connectivity index (χ1v) is 14.0. The van der Waals surface area contributed by atoms with Gasteiger partial charge in [0, 0.05) is 69.2 Å². The maximum Gasteiger partial charge on any atom is 0.274 e. The Morgan fingerprint density at radius 3 is 2.45 bits per heavy atom. The molecule has 2 aliphatic carbocycles.